The predicted octanol–water partition coefficient (Wildman–Crippen LogP) is 3.99. The van der Waals surface area contributed by atoms with Gasteiger partial charge in [-0.2, -0.15) is 0 Å². The van der Waals surface area contributed by atoms with Gasteiger partial charge in [-0.25, -0.2) is 9.78 Å². The first-order chi connectivity index (χ1) is 13.3. The zero-order valence-corrected chi connectivity index (χ0v) is 17.6. The van der Waals surface area contributed by atoms with Crippen LogP contribution in [0.5, 0.6) is 5.75 Å². The molecule has 3 rings (SSSR count). The van der Waals surface area contributed by atoms with E-state index in [0.29, 0.717) is 10.2 Å². The van der Waals surface area contributed by atoms with Crippen molar-refractivity contribution in [2.24, 2.45) is 0 Å². The second-order valence-corrected chi connectivity index (χ2v) is 7.95. The normalized spacial score (nSPS) is 11.6. The maximum absolute atomic E-state index is 13.5. The smallest absolute Gasteiger partial charge is 0.331 e. The standard InChI is InChI=1S/C21H24N2O4S/c1-6-15-16(13-9-8-10-14(11-13)26-5)17-18(28-15)22-12-23(19(17)24)21(3,4)20(25)27-7-2/h8-12H,6-7H2,1-5H3. The highest BCUT2D eigenvalue weighted by Crippen LogP contribution is 2.38. The molecule has 0 amide bonds. The summed E-state index contributed by atoms with van der Waals surface area (Å²) in [6.07, 6.45) is 2.21. The van der Waals surface area contributed by atoms with E-state index in [9.17, 15) is 9.59 Å². The van der Waals surface area contributed by atoms with Crippen LogP contribution in [0, 0.1) is 0 Å². The van der Waals surface area contributed by atoms with Crippen molar-refractivity contribution >= 4 is 27.5 Å². The number of esters is 1. The lowest BCUT2D eigenvalue weighted by atomic mass is 10.0. The molecule has 0 spiro atoms. The van der Waals surface area contributed by atoms with Gasteiger partial charge in [0.25, 0.3) is 5.56 Å². The maximum atomic E-state index is 13.5. The Kier molecular flexibility index (Phi) is 5.56. The summed E-state index contributed by atoms with van der Waals surface area (Å²) in [5.41, 5.74) is 0.339. The molecule has 0 unspecified atom stereocenters. The third-order valence-corrected chi connectivity index (χ3v) is 5.98. The minimum Gasteiger partial charge on any atom is -0.497 e. The van der Waals surface area contributed by atoms with Gasteiger partial charge in [0.05, 0.1) is 19.1 Å². The number of fused-ring (bicyclic) bond motifs is 1. The van der Waals surface area contributed by atoms with E-state index in [1.54, 1.807) is 27.9 Å². The predicted molar refractivity (Wildman–Crippen MR) is 111 cm³/mol. The van der Waals surface area contributed by atoms with E-state index < -0.39 is 11.5 Å². The number of benzene rings is 1. The van der Waals surface area contributed by atoms with Crippen molar-refractivity contribution in [3.63, 3.8) is 0 Å². The zero-order chi connectivity index (χ0) is 20.5. The Morgan fingerprint density at radius 2 is 2.04 bits per heavy atom. The number of aromatic nitrogens is 2. The summed E-state index contributed by atoms with van der Waals surface area (Å²) in [6, 6.07) is 7.63. The van der Waals surface area contributed by atoms with Crippen LogP contribution >= 0.6 is 11.3 Å². The zero-order valence-electron chi connectivity index (χ0n) is 16.7. The summed E-state index contributed by atoms with van der Waals surface area (Å²) in [6.45, 7) is 7.37. The van der Waals surface area contributed by atoms with Gasteiger partial charge in [-0.1, -0.05) is 19.1 Å². The third-order valence-electron chi connectivity index (χ3n) is 4.74. The van der Waals surface area contributed by atoms with E-state index in [-0.39, 0.29) is 12.2 Å². The van der Waals surface area contributed by atoms with Crippen LogP contribution < -0.4 is 10.3 Å². The van der Waals surface area contributed by atoms with Crippen molar-refractivity contribution < 1.29 is 14.3 Å². The molecule has 0 aliphatic heterocycles. The Morgan fingerprint density at radius 1 is 1.29 bits per heavy atom. The molecule has 0 atom stereocenters. The van der Waals surface area contributed by atoms with E-state index in [4.69, 9.17) is 9.47 Å². The Hall–Kier alpha value is -2.67. The highest BCUT2D eigenvalue weighted by atomic mass is 32.1. The molecule has 148 valence electrons. The van der Waals surface area contributed by atoms with E-state index in [2.05, 4.69) is 11.9 Å². The van der Waals surface area contributed by atoms with Gasteiger partial charge in [0.15, 0.2) is 0 Å². The van der Waals surface area contributed by atoms with Crippen LogP contribution in [0.1, 0.15) is 32.6 Å². The number of nitrogens with zero attached hydrogens (tertiary/aromatic N) is 2. The highest BCUT2D eigenvalue weighted by Gasteiger charge is 2.33. The summed E-state index contributed by atoms with van der Waals surface area (Å²) in [5, 5.41) is 0.523. The second kappa shape index (κ2) is 7.75. The van der Waals surface area contributed by atoms with E-state index in [1.807, 2.05) is 24.3 Å². The molecule has 0 aliphatic rings. The van der Waals surface area contributed by atoms with Crippen molar-refractivity contribution in [2.75, 3.05) is 13.7 Å². The fraction of sp³-hybridized carbons (Fsp3) is 0.381. The molecule has 2 aromatic heterocycles. The molecule has 0 saturated heterocycles. The average molecular weight is 401 g/mol. The molecule has 0 radical (unpaired) electrons. The monoisotopic (exact) mass is 400 g/mol. The molecule has 1 aromatic carbocycles. The maximum Gasteiger partial charge on any atom is 0.331 e. The number of thiophene rings is 1. The van der Waals surface area contributed by atoms with E-state index in [0.717, 1.165) is 28.2 Å². The van der Waals surface area contributed by atoms with Crippen molar-refractivity contribution in [1.82, 2.24) is 9.55 Å². The fourth-order valence-electron chi connectivity index (χ4n) is 3.17. The van der Waals surface area contributed by atoms with Gasteiger partial charge in [-0.05, 0) is 44.9 Å². The number of rotatable bonds is 6. The van der Waals surface area contributed by atoms with Crippen LogP contribution in [-0.2, 0) is 21.5 Å². The lowest BCUT2D eigenvalue weighted by molar-refractivity contribution is -0.152. The summed E-state index contributed by atoms with van der Waals surface area (Å²) in [4.78, 5) is 32.1. The first-order valence-corrected chi connectivity index (χ1v) is 10.0. The van der Waals surface area contributed by atoms with E-state index in [1.165, 1.54) is 22.2 Å². The Balaban J connectivity index is 2.30. The van der Waals surface area contributed by atoms with Crippen molar-refractivity contribution in [1.29, 1.82) is 0 Å². The number of aryl methyl sites for hydroxylation is 1. The van der Waals surface area contributed by atoms with Gasteiger partial charge in [0, 0.05) is 10.4 Å². The topological polar surface area (TPSA) is 70.4 Å². The Labute approximate surface area is 167 Å². The van der Waals surface area contributed by atoms with Gasteiger partial charge in [0.1, 0.15) is 22.4 Å². The second-order valence-electron chi connectivity index (χ2n) is 6.87. The first-order valence-electron chi connectivity index (χ1n) is 9.20. The van der Waals surface area contributed by atoms with Gasteiger partial charge >= 0.3 is 5.97 Å². The molecule has 0 saturated carbocycles. The number of hydrogen-bond donors (Lipinski definition) is 0. The molecule has 6 nitrogen and oxygen atoms in total. The van der Waals surface area contributed by atoms with Crippen molar-refractivity contribution in [2.45, 2.75) is 39.7 Å². The number of carbonyl (C=O) groups excluding carboxylic acids is 1. The molecule has 28 heavy (non-hydrogen) atoms. The number of ether oxygens (including phenoxy) is 2. The van der Waals surface area contributed by atoms with Crippen molar-refractivity contribution in [3.8, 4) is 16.9 Å². The average Bonchev–Trinajstić information content (AvgIpc) is 3.08. The first kappa shape index (κ1) is 20.1. The molecule has 7 heteroatoms. The van der Waals surface area contributed by atoms with Crippen LogP contribution in [0.25, 0.3) is 21.3 Å². The SMILES string of the molecule is CCOC(=O)C(C)(C)n1cnc2sc(CC)c(-c3cccc(OC)c3)c2c1=O. The molecule has 2 heterocycles. The minimum atomic E-state index is -1.16. The van der Waals surface area contributed by atoms with Gasteiger partial charge < -0.3 is 9.47 Å². The van der Waals surface area contributed by atoms with Gasteiger partial charge in [0.2, 0.25) is 0 Å². The minimum absolute atomic E-state index is 0.250. The van der Waals surface area contributed by atoms with Gasteiger partial charge in [-0.3, -0.25) is 9.36 Å². The molecule has 0 bridgehead atoms. The lowest BCUT2D eigenvalue weighted by Gasteiger charge is -2.24. The quantitative estimate of drug-likeness (QED) is 0.585. The lowest BCUT2D eigenvalue weighted by Crippen LogP contribution is -2.43. The molecule has 0 aliphatic carbocycles. The molecule has 3 aromatic rings. The van der Waals surface area contributed by atoms with Crippen LogP contribution in [0.15, 0.2) is 35.4 Å². The summed E-state index contributed by atoms with van der Waals surface area (Å²) in [5.74, 6) is 0.252. The molecular weight excluding hydrogens is 376 g/mol. The molecule has 0 N–H and O–H groups in total. The van der Waals surface area contributed by atoms with Crippen LogP contribution in [0.2, 0.25) is 0 Å². The summed E-state index contributed by atoms with van der Waals surface area (Å²) < 4.78 is 11.9. The molecular formula is C21H24N2O4S. The molecule has 0 fully saturated rings. The van der Waals surface area contributed by atoms with E-state index >= 15 is 0 Å². The third kappa shape index (κ3) is 3.30. The Bertz CT molecular complexity index is 1080. The van der Waals surface area contributed by atoms with Crippen molar-refractivity contribution in [3.05, 3.63) is 45.8 Å². The Morgan fingerprint density at radius 3 is 2.68 bits per heavy atom. The van der Waals surface area contributed by atoms with Gasteiger partial charge in [-0.15, -0.1) is 11.3 Å². The highest BCUT2D eigenvalue weighted by molar-refractivity contribution is 7.19. The summed E-state index contributed by atoms with van der Waals surface area (Å²) in [7, 11) is 1.61. The van der Waals surface area contributed by atoms with Crippen LogP contribution in [0.4, 0.5) is 0 Å². The number of methoxy groups -OCH3 is 1. The number of hydrogen-bond acceptors (Lipinski definition) is 6. The fourth-order valence-corrected chi connectivity index (χ4v) is 4.27. The van der Waals surface area contributed by atoms with Crippen LogP contribution in [-0.4, -0.2) is 29.2 Å². The number of carbonyl (C=O) groups is 1. The van der Waals surface area contributed by atoms with Crippen LogP contribution in [0.3, 0.4) is 0 Å². The largest absolute Gasteiger partial charge is 0.497 e. The summed E-state index contributed by atoms with van der Waals surface area (Å²) >= 11 is 1.50.